The fourth-order valence-electron chi connectivity index (χ4n) is 7.49. The molecule has 2 atom stereocenters. The SMILES string of the molecule is CC1=CCC(C(=O)NC(C)C23CC4CC(CC(C4)C2)C3)=CC1(C)S(=O)(=O)NN1CCOCC1. The molecule has 8 heteroatoms. The van der Waals surface area contributed by atoms with Crippen LogP contribution in [0.1, 0.15) is 65.7 Å². The second-order valence-electron chi connectivity index (χ2n) is 11.5. The minimum absolute atomic E-state index is 0.112. The summed E-state index contributed by atoms with van der Waals surface area (Å²) in [6, 6.07) is 0.112. The molecule has 0 aromatic carbocycles. The third-order valence-electron chi connectivity index (χ3n) is 9.32. The van der Waals surface area contributed by atoms with Gasteiger partial charge in [0.2, 0.25) is 15.9 Å². The van der Waals surface area contributed by atoms with E-state index in [1.807, 2.05) is 13.0 Å². The summed E-state index contributed by atoms with van der Waals surface area (Å²) in [4.78, 5) is 16.1. The average molecular weight is 478 g/mol. The van der Waals surface area contributed by atoms with Gasteiger partial charge in [-0.05, 0) is 95.0 Å². The molecule has 5 aliphatic carbocycles. The van der Waals surface area contributed by atoms with E-state index in [0.717, 1.165) is 23.3 Å². The van der Waals surface area contributed by atoms with Gasteiger partial charge >= 0.3 is 0 Å². The van der Waals surface area contributed by atoms with Crippen LogP contribution in [0.5, 0.6) is 0 Å². The lowest BCUT2D eigenvalue weighted by atomic mass is 9.48. The van der Waals surface area contributed by atoms with Crippen molar-refractivity contribution in [2.24, 2.45) is 23.2 Å². The van der Waals surface area contributed by atoms with E-state index in [1.54, 1.807) is 18.0 Å². The molecular formula is C25H39N3O4S. The van der Waals surface area contributed by atoms with E-state index in [0.29, 0.717) is 38.3 Å². The fraction of sp³-hybridized carbons (Fsp3) is 0.800. The van der Waals surface area contributed by atoms with E-state index in [2.05, 4.69) is 17.1 Å². The van der Waals surface area contributed by atoms with Gasteiger partial charge in [-0.2, -0.15) is 0 Å². The van der Waals surface area contributed by atoms with Gasteiger partial charge in [0.25, 0.3) is 0 Å². The lowest BCUT2D eigenvalue weighted by Crippen LogP contribution is -2.56. The van der Waals surface area contributed by atoms with Crippen LogP contribution in [0.2, 0.25) is 0 Å². The number of rotatable bonds is 6. The lowest BCUT2D eigenvalue weighted by Gasteiger charge is -2.59. The number of sulfonamides is 1. The van der Waals surface area contributed by atoms with Crippen LogP contribution >= 0.6 is 0 Å². The molecule has 1 amide bonds. The van der Waals surface area contributed by atoms with Gasteiger partial charge in [0.05, 0.1) is 13.2 Å². The van der Waals surface area contributed by atoms with Crippen molar-refractivity contribution in [3.63, 3.8) is 0 Å². The van der Waals surface area contributed by atoms with Crippen LogP contribution in [-0.4, -0.2) is 56.4 Å². The van der Waals surface area contributed by atoms with Gasteiger partial charge < -0.3 is 10.1 Å². The molecule has 1 saturated heterocycles. The number of carbonyl (C=O) groups excluding carboxylic acids is 1. The zero-order chi connectivity index (χ0) is 23.4. The lowest BCUT2D eigenvalue weighted by molar-refractivity contribution is -0.122. The number of carbonyl (C=O) groups is 1. The molecule has 6 aliphatic rings. The molecule has 1 heterocycles. The summed E-state index contributed by atoms with van der Waals surface area (Å²) in [5.41, 5.74) is 1.51. The highest BCUT2D eigenvalue weighted by Crippen LogP contribution is 2.61. The largest absolute Gasteiger partial charge is 0.379 e. The predicted octanol–water partition coefficient (Wildman–Crippen LogP) is 2.91. The molecule has 2 unspecified atom stereocenters. The maximum Gasteiger partial charge on any atom is 0.247 e. The van der Waals surface area contributed by atoms with Gasteiger partial charge in [-0.25, -0.2) is 13.4 Å². The first-order valence-electron chi connectivity index (χ1n) is 12.6. The van der Waals surface area contributed by atoms with Crippen molar-refractivity contribution in [1.82, 2.24) is 15.2 Å². The minimum atomic E-state index is -3.77. The van der Waals surface area contributed by atoms with Crippen molar-refractivity contribution >= 4 is 15.9 Å². The number of morpholine rings is 1. The predicted molar refractivity (Wildman–Crippen MR) is 128 cm³/mol. The van der Waals surface area contributed by atoms with Crippen LogP contribution in [-0.2, 0) is 19.6 Å². The summed E-state index contributed by atoms with van der Waals surface area (Å²) in [6.45, 7) is 7.72. The Bertz CT molecular complexity index is 931. The Morgan fingerprint density at radius 2 is 1.70 bits per heavy atom. The van der Waals surface area contributed by atoms with Crippen molar-refractivity contribution in [3.8, 4) is 0 Å². The topological polar surface area (TPSA) is 87.7 Å². The van der Waals surface area contributed by atoms with Crippen molar-refractivity contribution < 1.29 is 17.9 Å². The minimum Gasteiger partial charge on any atom is -0.379 e. The number of hydrogen-bond acceptors (Lipinski definition) is 5. The summed E-state index contributed by atoms with van der Waals surface area (Å²) in [7, 11) is -3.77. The molecule has 4 saturated carbocycles. The highest BCUT2D eigenvalue weighted by atomic mass is 32.2. The number of hydrazine groups is 1. The molecule has 33 heavy (non-hydrogen) atoms. The zero-order valence-electron chi connectivity index (χ0n) is 20.2. The van der Waals surface area contributed by atoms with E-state index in [9.17, 15) is 13.2 Å². The van der Waals surface area contributed by atoms with Crippen LogP contribution in [0.3, 0.4) is 0 Å². The number of nitrogens with one attached hydrogen (secondary N) is 2. The Kier molecular flexibility index (Phi) is 6.03. The normalized spacial score (nSPS) is 39.7. The number of allylic oxidation sites excluding steroid dienone is 1. The van der Waals surface area contributed by atoms with Crippen LogP contribution in [0.4, 0.5) is 0 Å². The van der Waals surface area contributed by atoms with Gasteiger partial charge in [0.15, 0.2) is 0 Å². The summed E-state index contributed by atoms with van der Waals surface area (Å²) < 4.78 is 30.9. The Morgan fingerprint density at radius 1 is 1.12 bits per heavy atom. The van der Waals surface area contributed by atoms with Gasteiger partial charge in [0.1, 0.15) is 4.75 Å². The van der Waals surface area contributed by atoms with Crippen LogP contribution in [0.15, 0.2) is 23.3 Å². The van der Waals surface area contributed by atoms with Gasteiger partial charge in [-0.1, -0.05) is 11.6 Å². The monoisotopic (exact) mass is 477 g/mol. The second kappa shape index (κ2) is 8.47. The fourth-order valence-corrected chi connectivity index (χ4v) is 9.01. The van der Waals surface area contributed by atoms with Crippen LogP contribution in [0, 0.1) is 23.2 Å². The molecule has 0 radical (unpaired) electrons. The van der Waals surface area contributed by atoms with E-state index >= 15 is 0 Å². The summed E-state index contributed by atoms with van der Waals surface area (Å²) in [5.74, 6) is 2.37. The summed E-state index contributed by atoms with van der Waals surface area (Å²) >= 11 is 0. The quantitative estimate of drug-likeness (QED) is 0.575. The number of nitrogens with zero attached hydrogens (tertiary/aromatic N) is 1. The molecule has 1 aliphatic heterocycles. The molecule has 0 aromatic heterocycles. The van der Waals surface area contributed by atoms with Gasteiger partial charge in [0, 0.05) is 24.7 Å². The van der Waals surface area contributed by atoms with Gasteiger partial charge in [-0.15, -0.1) is 4.83 Å². The Balaban J connectivity index is 1.31. The molecular weight excluding hydrogens is 438 g/mol. The van der Waals surface area contributed by atoms with E-state index in [4.69, 9.17) is 4.74 Å². The molecule has 0 spiro atoms. The molecule has 7 nitrogen and oxygen atoms in total. The maximum atomic E-state index is 13.4. The Morgan fingerprint density at radius 3 is 2.27 bits per heavy atom. The number of ether oxygens (including phenoxy) is 1. The first-order chi connectivity index (χ1) is 15.6. The molecule has 184 valence electrons. The van der Waals surface area contributed by atoms with Crippen molar-refractivity contribution in [1.29, 1.82) is 0 Å². The standard InChI is InChI=1S/C25H39N3O4S/c1-17-4-5-22(16-24(17,3)33(30,31)27-28-6-8-32-9-7-28)23(29)26-18(2)25-13-19-10-20(14-25)12-21(11-19)15-25/h4,16,18-21,27H,5-15H2,1-3H3,(H,26,29). The molecule has 5 fully saturated rings. The second-order valence-corrected chi connectivity index (χ2v) is 13.6. The molecule has 2 N–H and O–H groups in total. The summed E-state index contributed by atoms with van der Waals surface area (Å²) in [6.07, 6.45) is 11.9. The Hall–Kier alpha value is -1.22. The van der Waals surface area contributed by atoms with Gasteiger partial charge in [-0.3, -0.25) is 4.79 Å². The third-order valence-corrected chi connectivity index (χ3v) is 11.4. The van der Waals surface area contributed by atoms with Crippen LogP contribution < -0.4 is 10.1 Å². The molecule has 4 bridgehead atoms. The van der Waals surface area contributed by atoms with Crippen molar-refractivity contribution in [3.05, 3.63) is 23.3 Å². The average Bonchev–Trinajstić information content (AvgIpc) is 2.75. The van der Waals surface area contributed by atoms with Crippen molar-refractivity contribution in [2.75, 3.05) is 26.3 Å². The van der Waals surface area contributed by atoms with E-state index in [-0.39, 0.29) is 17.4 Å². The van der Waals surface area contributed by atoms with E-state index in [1.165, 1.54) is 38.5 Å². The zero-order valence-corrected chi connectivity index (χ0v) is 21.0. The smallest absolute Gasteiger partial charge is 0.247 e. The van der Waals surface area contributed by atoms with E-state index < -0.39 is 14.8 Å². The number of hydrogen-bond donors (Lipinski definition) is 2. The first kappa shape index (κ1) is 23.5. The molecule has 6 rings (SSSR count). The molecule has 0 aromatic rings. The third kappa shape index (κ3) is 4.21. The summed E-state index contributed by atoms with van der Waals surface area (Å²) in [5, 5.41) is 5.00. The van der Waals surface area contributed by atoms with Crippen LogP contribution in [0.25, 0.3) is 0 Å². The number of amides is 1. The van der Waals surface area contributed by atoms with Crippen molar-refractivity contribution in [2.45, 2.75) is 76.5 Å². The first-order valence-corrected chi connectivity index (χ1v) is 14.1. The Labute approximate surface area is 198 Å². The highest BCUT2D eigenvalue weighted by molar-refractivity contribution is 7.91. The maximum absolute atomic E-state index is 13.4. The highest BCUT2D eigenvalue weighted by Gasteiger charge is 2.53.